The Morgan fingerprint density at radius 3 is 2.95 bits per heavy atom. The number of aliphatic carboxylic acids is 1. The highest BCUT2D eigenvalue weighted by Gasteiger charge is 2.21. The second kappa shape index (κ2) is 6.89. The number of piperidine rings is 1. The Morgan fingerprint density at radius 1 is 1.40 bits per heavy atom. The van der Waals surface area contributed by atoms with Crippen LogP contribution >= 0.6 is 0 Å². The Kier molecular flexibility index (Phi) is 5.18. The maximum Gasteiger partial charge on any atom is 0.303 e. The Hall–Kier alpha value is -1.35. The summed E-state index contributed by atoms with van der Waals surface area (Å²) < 4.78 is 0. The summed E-state index contributed by atoms with van der Waals surface area (Å²) in [5.74, 6) is -0.124. The summed E-state index contributed by atoms with van der Waals surface area (Å²) in [5, 5.41) is 8.80. The van der Waals surface area contributed by atoms with E-state index < -0.39 is 5.97 Å². The van der Waals surface area contributed by atoms with Gasteiger partial charge in [0.2, 0.25) is 0 Å². The van der Waals surface area contributed by atoms with Crippen molar-refractivity contribution in [3.63, 3.8) is 0 Å². The van der Waals surface area contributed by atoms with Gasteiger partial charge in [0.15, 0.2) is 0 Å². The molecule has 1 unspecified atom stereocenters. The van der Waals surface area contributed by atoms with Crippen molar-refractivity contribution in [2.75, 3.05) is 13.1 Å². The molecule has 0 saturated carbocycles. The maximum absolute atomic E-state index is 10.7. The molecule has 0 amide bonds. The van der Waals surface area contributed by atoms with E-state index in [1.165, 1.54) is 29.5 Å². The quantitative estimate of drug-likeness (QED) is 0.895. The average Bonchev–Trinajstić information content (AvgIpc) is 2.42. The topological polar surface area (TPSA) is 40.5 Å². The number of hydrogen-bond donors (Lipinski definition) is 1. The lowest BCUT2D eigenvalue weighted by molar-refractivity contribution is -0.137. The number of carboxylic acid groups (broad SMARTS) is 1. The fraction of sp³-hybridized carbons (Fsp3) is 0.588. The van der Waals surface area contributed by atoms with Gasteiger partial charge in [-0.15, -0.1) is 0 Å². The zero-order valence-electron chi connectivity index (χ0n) is 12.6. The molecule has 1 N–H and O–H groups in total. The van der Waals surface area contributed by atoms with E-state index in [0.717, 1.165) is 26.1 Å². The Balaban J connectivity index is 1.92. The van der Waals surface area contributed by atoms with Crippen LogP contribution in [0, 0.1) is 19.8 Å². The first-order valence-corrected chi connectivity index (χ1v) is 7.55. The fourth-order valence-corrected chi connectivity index (χ4v) is 3.08. The number of nitrogens with zero attached hydrogens (tertiary/aromatic N) is 1. The number of rotatable bonds is 5. The molecular weight excluding hydrogens is 250 g/mol. The van der Waals surface area contributed by atoms with Gasteiger partial charge in [-0.3, -0.25) is 9.69 Å². The number of hydrogen-bond acceptors (Lipinski definition) is 2. The van der Waals surface area contributed by atoms with Crippen LogP contribution in [0.2, 0.25) is 0 Å². The van der Waals surface area contributed by atoms with E-state index in [-0.39, 0.29) is 0 Å². The summed E-state index contributed by atoms with van der Waals surface area (Å²) in [7, 11) is 0. The molecule has 1 aliphatic rings. The lowest BCUT2D eigenvalue weighted by Gasteiger charge is -2.33. The van der Waals surface area contributed by atoms with Crippen molar-refractivity contribution in [3.8, 4) is 0 Å². The largest absolute Gasteiger partial charge is 0.481 e. The minimum Gasteiger partial charge on any atom is -0.481 e. The molecule has 1 saturated heterocycles. The van der Waals surface area contributed by atoms with Gasteiger partial charge in [-0.05, 0) is 62.3 Å². The van der Waals surface area contributed by atoms with Crippen molar-refractivity contribution in [1.29, 1.82) is 0 Å². The highest BCUT2D eigenvalue weighted by molar-refractivity contribution is 5.66. The second-order valence-corrected chi connectivity index (χ2v) is 6.03. The first-order valence-electron chi connectivity index (χ1n) is 7.55. The summed E-state index contributed by atoms with van der Waals surface area (Å²) in [5.41, 5.74) is 4.14. The summed E-state index contributed by atoms with van der Waals surface area (Å²) in [6.45, 7) is 7.52. The van der Waals surface area contributed by atoms with Gasteiger partial charge in [-0.2, -0.15) is 0 Å². The van der Waals surface area contributed by atoms with Crippen LogP contribution in [-0.4, -0.2) is 29.1 Å². The minimum absolute atomic E-state index is 0.308. The van der Waals surface area contributed by atoms with E-state index in [2.05, 4.69) is 36.9 Å². The Labute approximate surface area is 121 Å². The highest BCUT2D eigenvalue weighted by atomic mass is 16.4. The lowest BCUT2D eigenvalue weighted by Crippen LogP contribution is -2.35. The molecule has 110 valence electrons. The van der Waals surface area contributed by atoms with Crippen LogP contribution in [0.4, 0.5) is 0 Å². The van der Waals surface area contributed by atoms with Crippen LogP contribution in [0.15, 0.2) is 18.2 Å². The van der Waals surface area contributed by atoms with E-state index in [0.29, 0.717) is 12.3 Å². The van der Waals surface area contributed by atoms with Crippen LogP contribution in [0.5, 0.6) is 0 Å². The third-order valence-corrected chi connectivity index (χ3v) is 4.48. The molecule has 0 aliphatic carbocycles. The number of likely N-dealkylation sites (tertiary alicyclic amines) is 1. The molecule has 20 heavy (non-hydrogen) atoms. The SMILES string of the molecule is Cc1cccc(CN2CCCC(CCC(=O)O)C2)c1C. The van der Waals surface area contributed by atoms with Gasteiger partial charge in [0.1, 0.15) is 0 Å². The normalized spacial score (nSPS) is 20.0. The second-order valence-electron chi connectivity index (χ2n) is 6.03. The highest BCUT2D eigenvalue weighted by Crippen LogP contribution is 2.23. The van der Waals surface area contributed by atoms with Crippen LogP contribution in [-0.2, 0) is 11.3 Å². The van der Waals surface area contributed by atoms with E-state index in [9.17, 15) is 4.79 Å². The molecule has 1 heterocycles. The molecule has 3 heteroatoms. The van der Waals surface area contributed by atoms with Crippen LogP contribution in [0.1, 0.15) is 42.4 Å². The smallest absolute Gasteiger partial charge is 0.303 e. The maximum atomic E-state index is 10.7. The van der Waals surface area contributed by atoms with Gasteiger partial charge in [0, 0.05) is 19.5 Å². The number of carbonyl (C=O) groups is 1. The van der Waals surface area contributed by atoms with Gasteiger partial charge in [0.05, 0.1) is 0 Å². The van der Waals surface area contributed by atoms with Crippen molar-refractivity contribution in [1.82, 2.24) is 4.90 Å². The molecule has 3 nitrogen and oxygen atoms in total. The molecule has 1 aromatic rings. The first kappa shape index (κ1) is 15.0. The number of benzene rings is 1. The molecule has 1 aromatic carbocycles. The van der Waals surface area contributed by atoms with Gasteiger partial charge >= 0.3 is 5.97 Å². The zero-order chi connectivity index (χ0) is 14.5. The number of aryl methyl sites for hydroxylation is 1. The monoisotopic (exact) mass is 275 g/mol. The summed E-state index contributed by atoms with van der Waals surface area (Å²) >= 11 is 0. The molecule has 2 rings (SSSR count). The number of carboxylic acids is 1. The predicted octanol–water partition coefficient (Wildman–Crippen LogP) is 3.38. The third kappa shape index (κ3) is 4.07. The van der Waals surface area contributed by atoms with E-state index in [1.807, 2.05) is 0 Å². The Morgan fingerprint density at radius 2 is 2.20 bits per heavy atom. The van der Waals surface area contributed by atoms with Crippen molar-refractivity contribution in [2.24, 2.45) is 5.92 Å². The summed E-state index contributed by atoms with van der Waals surface area (Å²) in [6, 6.07) is 6.50. The van der Waals surface area contributed by atoms with Crippen molar-refractivity contribution in [2.45, 2.75) is 46.1 Å². The summed E-state index contributed by atoms with van der Waals surface area (Å²) in [6.07, 6.45) is 3.49. The van der Waals surface area contributed by atoms with Gasteiger partial charge < -0.3 is 5.11 Å². The van der Waals surface area contributed by atoms with Gasteiger partial charge in [-0.25, -0.2) is 0 Å². The minimum atomic E-state index is -0.670. The van der Waals surface area contributed by atoms with Crippen LogP contribution in [0.3, 0.4) is 0 Å². The average molecular weight is 275 g/mol. The molecule has 0 bridgehead atoms. The molecule has 1 aliphatic heterocycles. The summed E-state index contributed by atoms with van der Waals surface area (Å²) in [4.78, 5) is 13.2. The zero-order valence-corrected chi connectivity index (χ0v) is 12.6. The van der Waals surface area contributed by atoms with Crippen LogP contribution < -0.4 is 0 Å². The van der Waals surface area contributed by atoms with Gasteiger partial charge in [0.25, 0.3) is 0 Å². The van der Waals surface area contributed by atoms with Crippen LogP contribution in [0.25, 0.3) is 0 Å². The van der Waals surface area contributed by atoms with Gasteiger partial charge in [-0.1, -0.05) is 18.2 Å². The van der Waals surface area contributed by atoms with E-state index in [1.54, 1.807) is 0 Å². The van der Waals surface area contributed by atoms with Crippen molar-refractivity contribution < 1.29 is 9.90 Å². The van der Waals surface area contributed by atoms with E-state index in [4.69, 9.17) is 5.11 Å². The molecule has 0 aromatic heterocycles. The third-order valence-electron chi connectivity index (χ3n) is 4.48. The molecule has 0 radical (unpaired) electrons. The standard InChI is InChI=1S/C17H25NO2/c1-13-5-3-7-16(14(13)2)12-18-10-4-6-15(11-18)8-9-17(19)20/h3,5,7,15H,4,6,8-12H2,1-2H3,(H,19,20). The fourth-order valence-electron chi connectivity index (χ4n) is 3.08. The molecule has 0 spiro atoms. The van der Waals surface area contributed by atoms with Crippen molar-refractivity contribution in [3.05, 3.63) is 34.9 Å². The predicted molar refractivity (Wildman–Crippen MR) is 80.8 cm³/mol. The first-order chi connectivity index (χ1) is 9.56. The van der Waals surface area contributed by atoms with Crippen molar-refractivity contribution >= 4 is 5.97 Å². The Bertz CT molecular complexity index is 470. The molecule has 1 fully saturated rings. The molecule has 1 atom stereocenters. The lowest BCUT2D eigenvalue weighted by atomic mass is 9.92. The molecular formula is C17H25NO2. The van der Waals surface area contributed by atoms with E-state index >= 15 is 0 Å².